The third-order valence-electron chi connectivity index (χ3n) is 6.57. The van der Waals surface area contributed by atoms with Crippen LogP contribution in [0.2, 0.25) is 0 Å². The summed E-state index contributed by atoms with van der Waals surface area (Å²) >= 11 is 9.43. The molecule has 13 heteroatoms. The molecule has 0 aromatic rings. The minimum Gasteiger partial charge on any atom is -0.854 e. The van der Waals surface area contributed by atoms with E-state index in [1.807, 2.05) is 0 Å². The summed E-state index contributed by atoms with van der Waals surface area (Å²) in [6.07, 6.45) is 23.6. The van der Waals surface area contributed by atoms with Crippen LogP contribution in [-0.4, -0.2) is 23.0 Å². The van der Waals surface area contributed by atoms with Gasteiger partial charge in [-0.3, -0.25) is 0 Å². The second-order valence-corrected chi connectivity index (χ2v) is 25.8. The minimum atomic E-state index is -3.52. The van der Waals surface area contributed by atoms with Gasteiger partial charge in [0.25, 0.3) is 0 Å². The van der Waals surface area contributed by atoms with Crippen LogP contribution >= 0.6 is 11.4 Å². The molecule has 2 unspecified atom stereocenters. The van der Waals surface area contributed by atoms with Gasteiger partial charge in [-0.05, 0) is 48.7 Å². The van der Waals surface area contributed by atoms with Gasteiger partial charge in [-0.15, -0.1) is 0 Å². The van der Waals surface area contributed by atoms with Gasteiger partial charge in [0.2, 0.25) is 0 Å². The van der Waals surface area contributed by atoms with Gasteiger partial charge in [0, 0.05) is 0 Å². The Bertz CT molecular complexity index is 581. The quantitative estimate of drug-likeness (QED) is 0.0452. The van der Waals surface area contributed by atoms with Gasteiger partial charge in [-0.2, -0.15) is 0 Å². The molecule has 0 aliphatic carbocycles. The van der Waals surface area contributed by atoms with Crippen LogP contribution in [0.25, 0.3) is 0 Å². The maximum absolute atomic E-state index is 11.6. The number of hydrogen-bond acceptors (Lipinski definition) is 6. The first-order valence-electron chi connectivity index (χ1n) is 15.4. The molecule has 41 heavy (non-hydrogen) atoms. The average molecular weight is 847 g/mol. The van der Waals surface area contributed by atoms with Crippen molar-refractivity contribution in [2.75, 3.05) is 23.0 Å². The molecule has 0 amide bonds. The van der Waals surface area contributed by atoms with Gasteiger partial charge >= 0.3 is 58.4 Å². The van der Waals surface area contributed by atoms with Crippen LogP contribution < -0.4 is 19.6 Å². The van der Waals surface area contributed by atoms with E-state index in [0.29, 0.717) is 0 Å². The van der Waals surface area contributed by atoms with E-state index in [1.54, 1.807) is 0 Å². The molecule has 2 atom stereocenters. The zero-order valence-electron chi connectivity index (χ0n) is 27.3. The Labute approximate surface area is 310 Å². The van der Waals surface area contributed by atoms with Gasteiger partial charge in [-0.1, -0.05) is 130 Å². The molecular weight excluding hydrogens is 787 g/mol. The Hall–Kier alpha value is 3.97. The summed E-state index contributed by atoms with van der Waals surface area (Å²) in [6.45, 7) is 8.75. The fourth-order valence-electron chi connectivity index (χ4n) is 4.14. The summed E-state index contributed by atoms with van der Waals surface area (Å²) in [6, 6.07) is 0. The molecule has 236 valence electrons. The Morgan fingerprint density at radius 2 is 0.537 bits per heavy atom. The molecule has 0 aromatic heterocycles. The van der Waals surface area contributed by atoms with Crippen molar-refractivity contribution in [3.05, 3.63) is 0 Å². The third-order valence-corrected chi connectivity index (χ3v) is 20.7. The van der Waals surface area contributed by atoms with E-state index in [0.717, 1.165) is 74.4 Å². The smallest absolute Gasteiger partial charge is 0.854 e. The first-order chi connectivity index (χ1) is 18.0. The summed E-state index contributed by atoms with van der Waals surface area (Å²) in [5.41, 5.74) is -7.05. The van der Waals surface area contributed by atoms with Gasteiger partial charge in [0.05, 0.1) is 0 Å². The summed E-state index contributed by atoms with van der Waals surface area (Å²) in [4.78, 5) is 46.5. The van der Waals surface area contributed by atoms with Crippen LogP contribution in [0.3, 0.4) is 0 Å². The maximum atomic E-state index is 11.6. The first kappa shape index (κ1) is 54.4. The van der Waals surface area contributed by atoms with Crippen molar-refractivity contribution in [2.24, 2.45) is 0 Å². The predicted octanol–water partition coefficient (Wildman–Crippen LogP) is 6.97. The molecule has 0 spiro atoms. The molecule has 0 saturated heterocycles. The Morgan fingerprint density at radius 1 is 0.366 bits per heavy atom. The molecule has 0 aromatic carbocycles. The Morgan fingerprint density at radius 3 is 0.732 bits per heavy atom. The van der Waals surface area contributed by atoms with Crippen molar-refractivity contribution < 1.29 is 78.0 Å². The van der Waals surface area contributed by atoms with Crippen molar-refractivity contribution >= 4 is 56.0 Å². The number of hydrogen-bond donors (Lipinski definition) is 0. The molecule has 0 heterocycles. The van der Waals surface area contributed by atoms with E-state index < -0.39 is 31.5 Å². The molecule has 0 radical (unpaired) electrons. The van der Waals surface area contributed by atoms with Crippen molar-refractivity contribution in [3.8, 4) is 0 Å². The van der Waals surface area contributed by atoms with Gasteiger partial charge in [0.1, 0.15) is 0 Å². The number of rotatable bonds is 24. The second kappa shape index (κ2) is 38.4. The number of unbranched alkanes of at least 4 members (excludes halogenated alkanes) is 16. The second-order valence-electron chi connectivity index (χ2n) is 10.3. The fourth-order valence-corrected chi connectivity index (χ4v) is 14.5. The van der Waals surface area contributed by atoms with Crippen molar-refractivity contribution in [1.29, 1.82) is 0 Å². The van der Waals surface area contributed by atoms with Crippen LogP contribution in [0.15, 0.2) is 0 Å². The van der Waals surface area contributed by atoms with E-state index in [-0.39, 0.29) is 58.4 Å². The van der Waals surface area contributed by atoms with Crippen LogP contribution in [0.4, 0.5) is 0 Å². The molecule has 0 aliphatic rings. The molecule has 0 fully saturated rings. The average Bonchev–Trinajstić information content (AvgIpc) is 2.84. The molecule has 0 saturated carbocycles. The van der Waals surface area contributed by atoms with E-state index >= 15 is 0 Å². The van der Waals surface area contributed by atoms with E-state index in [4.69, 9.17) is 24.5 Å². The molecule has 0 aliphatic heterocycles. The van der Waals surface area contributed by atoms with E-state index in [9.17, 15) is 19.6 Å². The molecule has 0 N–H and O–H groups in total. The zero-order chi connectivity index (χ0) is 29.1. The molecule has 0 bridgehead atoms. The SMILES string of the molecule is CCCCCCCCS(CCCCCC)=P([O-])([O-])[S-].CCCCCCCCS(CCCCCC)=P([O-])([O-])[S-].[Zn+2].[Zn+2].[Zn+2]. The van der Waals surface area contributed by atoms with Crippen LogP contribution in [-0.2, 0) is 103 Å². The van der Waals surface area contributed by atoms with Crippen molar-refractivity contribution in [1.82, 2.24) is 0 Å². The zero-order valence-corrected chi connectivity index (χ0v) is 41.2. The minimum absolute atomic E-state index is 0. The van der Waals surface area contributed by atoms with E-state index in [2.05, 4.69) is 27.7 Å². The first-order valence-corrected chi connectivity index (χ1v) is 25.1. The summed E-state index contributed by atoms with van der Waals surface area (Å²) < 4.78 is 0. The summed E-state index contributed by atoms with van der Waals surface area (Å²) in [7, 11) is -1.08. The topological polar surface area (TPSA) is 92.2 Å². The maximum Gasteiger partial charge on any atom is 2.00 e. The van der Waals surface area contributed by atoms with Gasteiger partial charge < -0.3 is 55.5 Å². The van der Waals surface area contributed by atoms with Crippen LogP contribution in [0.5, 0.6) is 0 Å². The fraction of sp³-hybridized carbons (Fsp3) is 1.00. The molecular formula is C28H60O4P2S4Zn3. The normalized spacial score (nSPS) is 12.7. The molecule has 4 nitrogen and oxygen atoms in total. The van der Waals surface area contributed by atoms with Crippen LogP contribution in [0, 0.1) is 0 Å². The van der Waals surface area contributed by atoms with Crippen molar-refractivity contribution in [3.63, 3.8) is 0 Å². The standard InChI is InChI=1S/2C14H30O2PS2.3Zn/c2*1-3-5-7-9-10-12-14-19(17(15,16)18)13-11-8-6-4-2;;;/h2*3-14H2,1-2H3;;;/q2*-3;3*+2. The largest absolute Gasteiger partial charge is 2.00 e. The molecule has 0 rings (SSSR count). The summed E-state index contributed by atoms with van der Waals surface area (Å²) in [5.74, 6) is 3.23. The third kappa shape index (κ3) is 40.1. The van der Waals surface area contributed by atoms with E-state index in [1.165, 1.54) is 77.0 Å². The van der Waals surface area contributed by atoms with Gasteiger partial charge in [-0.25, -0.2) is 20.1 Å². The Kier molecular flexibility index (Phi) is 51.0. The summed E-state index contributed by atoms with van der Waals surface area (Å²) in [5, 5.41) is 0. The predicted molar refractivity (Wildman–Crippen MR) is 178 cm³/mol. The Balaban J connectivity index is -0.000000196. The van der Waals surface area contributed by atoms with Crippen molar-refractivity contribution in [2.45, 2.75) is 156 Å². The van der Waals surface area contributed by atoms with Gasteiger partial charge in [0.15, 0.2) is 0 Å². The monoisotopic (exact) mass is 842 g/mol. The van der Waals surface area contributed by atoms with Crippen LogP contribution in [0.1, 0.15) is 156 Å².